The molecule has 6 nitrogen and oxygen atoms in total. The van der Waals surface area contributed by atoms with Crippen molar-refractivity contribution in [2.45, 2.75) is 20.0 Å². The van der Waals surface area contributed by atoms with Crippen LogP contribution in [0.3, 0.4) is 0 Å². The summed E-state index contributed by atoms with van der Waals surface area (Å²) >= 11 is 0. The highest BCUT2D eigenvalue weighted by Gasteiger charge is 2.13. The van der Waals surface area contributed by atoms with E-state index in [1.54, 1.807) is 7.11 Å². The second-order valence-electron chi connectivity index (χ2n) is 5.55. The average molecular weight is 341 g/mol. The summed E-state index contributed by atoms with van der Waals surface area (Å²) in [5, 5.41) is 6.59. The lowest BCUT2D eigenvalue weighted by atomic mass is 10.2. The Morgan fingerprint density at radius 1 is 1.12 bits per heavy atom. The van der Waals surface area contributed by atoms with Crippen molar-refractivity contribution in [3.05, 3.63) is 53.6 Å². The minimum absolute atomic E-state index is 0.283. The number of rotatable bonds is 6. The van der Waals surface area contributed by atoms with E-state index < -0.39 is 0 Å². The van der Waals surface area contributed by atoms with Crippen LogP contribution in [0.15, 0.2) is 47.5 Å². The van der Waals surface area contributed by atoms with Crippen LogP contribution < -0.4 is 24.8 Å². The monoisotopic (exact) mass is 341 g/mol. The molecule has 0 saturated carbocycles. The Morgan fingerprint density at radius 2 is 1.96 bits per heavy atom. The molecule has 0 atom stereocenters. The fourth-order valence-corrected chi connectivity index (χ4v) is 2.58. The number of fused-ring (bicyclic) bond motifs is 1. The maximum atomic E-state index is 5.41. The Morgan fingerprint density at radius 3 is 2.80 bits per heavy atom. The fraction of sp³-hybridized carbons (Fsp3) is 0.316. The molecule has 0 radical (unpaired) electrons. The summed E-state index contributed by atoms with van der Waals surface area (Å²) in [6.07, 6.45) is 0. The van der Waals surface area contributed by atoms with Crippen LogP contribution in [-0.2, 0) is 13.1 Å². The first-order valence-corrected chi connectivity index (χ1v) is 8.32. The van der Waals surface area contributed by atoms with Gasteiger partial charge in [-0.25, -0.2) is 4.99 Å². The van der Waals surface area contributed by atoms with Gasteiger partial charge in [-0.15, -0.1) is 0 Å². The van der Waals surface area contributed by atoms with E-state index in [9.17, 15) is 0 Å². The van der Waals surface area contributed by atoms with Gasteiger partial charge in [-0.3, -0.25) is 0 Å². The standard InChI is InChI=1S/C19H23N3O3/c1-3-20-19(22-12-15-6-4-5-7-16(15)23-2)21-11-14-8-9-17-18(10-14)25-13-24-17/h4-10H,3,11-13H2,1-2H3,(H2,20,21,22). The maximum absolute atomic E-state index is 5.41. The number of benzene rings is 2. The van der Waals surface area contributed by atoms with E-state index in [2.05, 4.69) is 15.6 Å². The Labute approximate surface area is 147 Å². The topological polar surface area (TPSA) is 64.1 Å². The highest BCUT2D eigenvalue weighted by Crippen LogP contribution is 2.32. The summed E-state index contributed by atoms with van der Waals surface area (Å²) in [6, 6.07) is 13.8. The average Bonchev–Trinajstić information content (AvgIpc) is 3.12. The fourth-order valence-electron chi connectivity index (χ4n) is 2.58. The van der Waals surface area contributed by atoms with Gasteiger partial charge in [0.25, 0.3) is 0 Å². The minimum Gasteiger partial charge on any atom is -0.496 e. The Hall–Kier alpha value is -2.89. The molecule has 0 aromatic heterocycles. The Kier molecular flexibility index (Phi) is 5.61. The molecule has 25 heavy (non-hydrogen) atoms. The number of nitrogens with one attached hydrogen (secondary N) is 2. The van der Waals surface area contributed by atoms with Crippen LogP contribution in [0.5, 0.6) is 17.2 Å². The van der Waals surface area contributed by atoms with Crippen molar-refractivity contribution < 1.29 is 14.2 Å². The van der Waals surface area contributed by atoms with E-state index in [-0.39, 0.29) is 6.79 Å². The van der Waals surface area contributed by atoms with Gasteiger partial charge in [-0.1, -0.05) is 24.3 Å². The third-order valence-electron chi connectivity index (χ3n) is 3.84. The van der Waals surface area contributed by atoms with Gasteiger partial charge in [0.2, 0.25) is 6.79 Å². The summed E-state index contributed by atoms with van der Waals surface area (Å²) in [5.41, 5.74) is 2.15. The van der Waals surface area contributed by atoms with Crippen LogP contribution in [0.25, 0.3) is 0 Å². The van der Waals surface area contributed by atoms with Gasteiger partial charge in [0.15, 0.2) is 17.5 Å². The van der Waals surface area contributed by atoms with Gasteiger partial charge in [0.1, 0.15) is 5.75 Å². The number of guanidine groups is 1. The molecule has 132 valence electrons. The number of nitrogens with zero attached hydrogens (tertiary/aromatic N) is 1. The third kappa shape index (κ3) is 4.35. The van der Waals surface area contributed by atoms with Crippen molar-refractivity contribution in [2.75, 3.05) is 20.4 Å². The number of ether oxygens (including phenoxy) is 3. The largest absolute Gasteiger partial charge is 0.496 e. The lowest BCUT2D eigenvalue weighted by Crippen LogP contribution is -2.36. The molecule has 0 unspecified atom stereocenters. The third-order valence-corrected chi connectivity index (χ3v) is 3.84. The van der Waals surface area contributed by atoms with E-state index in [0.29, 0.717) is 13.1 Å². The molecule has 2 aromatic rings. The molecule has 0 saturated heterocycles. The zero-order valence-electron chi connectivity index (χ0n) is 14.5. The van der Waals surface area contributed by atoms with Crippen molar-refractivity contribution in [2.24, 2.45) is 4.99 Å². The van der Waals surface area contributed by atoms with Gasteiger partial charge in [0.05, 0.1) is 13.7 Å². The smallest absolute Gasteiger partial charge is 0.231 e. The molecule has 3 rings (SSSR count). The van der Waals surface area contributed by atoms with Gasteiger partial charge < -0.3 is 24.8 Å². The summed E-state index contributed by atoms with van der Waals surface area (Å²) in [6.45, 7) is 4.31. The van der Waals surface area contributed by atoms with E-state index in [0.717, 1.165) is 40.9 Å². The molecular formula is C19H23N3O3. The van der Waals surface area contributed by atoms with Gasteiger partial charge in [-0.2, -0.15) is 0 Å². The van der Waals surface area contributed by atoms with Gasteiger partial charge >= 0.3 is 0 Å². The summed E-state index contributed by atoms with van der Waals surface area (Å²) in [5.74, 6) is 3.18. The van der Waals surface area contributed by atoms with Crippen LogP contribution in [0.4, 0.5) is 0 Å². The van der Waals surface area contributed by atoms with Crippen LogP contribution in [-0.4, -0.2) is 26.4 Å². The molecule has 6 heteroatoms. The molecule has 2 aromatic carbocycles. The molecule has 0 spiro atoms. The number of aliphatic imine (C=N–C) groups is 1. The first-order chi connectivity index (χ1) is 12.3. The number of hydrogen-bond donors (Lipinski definition) is 2. The van der Waals surface area contributed by atoms with Crippen LogP contribution in [0.1, 0.15) is 18.1 Å². The summed E-state index contributed by atoms with van der Waals surface area (Å²) in [4.78, 5) is 4.64. The molecular weight excluding hydrogens is 318 g/mol. The molecule has 0 aliphatic carbocycles. The molecule has 1 heterocycles. The van der Waals surface area contributed by atoms with Crippen molar-refractivity contribution in [1.82, 2.24) is 10.6 Å². The first-order valence-electron chi connectivity index (χ1n) is 8.32. The Bertz CT molecular complexity index is 746. The van der Waals surface area contributed by atoms with Crippen molar-refractivity contribution >= 4 is 5.96 Å². The molecule has 1 aliphatic heterocycles. The van der Waals surface area contributed by atoms with E-state index in [1.807, 2.05) is 49.4 Å². The van der Waals surface area contributed by atoms with E-state index in [4.69, 9.17) is 14.2 Å². The lowest BCUT2D eigenvalue weighted by Gasteiger charge is -2.13. The van der Waals surface area contributed by atoms with Crippen molar-refractivity contribution in [3.8, 4) is 17.2 Å². The molecule has 0 fully saturated rings. The predicted octanol–water partition coefficient (Wildman–Crippen LogP) is 2.68. The maximum Gasteiger partial charge on any atom is 0.231 e. The minimum atomic E-state index is 0.283. The zero-order valence-corrected chi connectivity index (χ0v) is 14.5. The number of hydrogen-bond acceptors (Lipinski definition) is 4. The number of methoxy groups -OCH3 is 1. The number of para-hydroxylation sites is 1. The Balaban J connectivity index is 1.65. The summed E-state index contributed by atoms with van der Waals surface area (Å²) in [7, 11) is 1.68. The van der Waals surface area contributed by atoms with Crippen LogP contribution in [0, 0.1) is 0 Å². The molecule has 2 N–H and O–H groups in total. The van der Waals surface area contributed by atoms with Crippen molar-refractivity contribution in [3.63, 3.8) is 0 Å². The second-order valence-corrected chi connectivity index (χ2v) is 5.55. The quantitative estimate of drug-likeness (QED) is 0.625. The molecule has 0 amide bonds. The van der Waals surface area contributed by atoms with Crippen molar-refractivity contribution in [1.29, 1.82) is 0 Å². The molecule has 0 bridgehead atoms. The predicted molar refractivity (Wildman–Crippen MR) is 97.2 cm³/mol. The van der Waals surface area contributed by atoms with Gasteiger partial charge in [0, 0.05) is 18.7 Å². The van der Waals surface area contributed by atoms with E-state index in [1.165, 1.54) is 0 Å². The summed E-state index contributed by atoms with van der Waals surface area (Å²) < 4.78 is 16.1. The van der Waals surface area contributed by atoms with E-state index >= 15 is 0 Å². The normalized spacial score (nSPS) is 12.8. The zero-order chi connectivity index (χ0) is 17.5. The SMILES string of the molecule is CCNC(=NCc1ccc2c(c1)OCO2)NCc1ccccc1OC. The second kappa shape index (κ2) is 8.28. The van der Waals surface area contributed by atoms with Crippen LogP contribution in [0.2, 0.25) is 0 Å². The highest BCUT2D eigenvalue weighted by atomic mass is 16.7. The van der Waals surface area contributed by atoms with Crippen LogP contribution >= 0.6 is 0 Å². The lowest BCUT2D eigenvalue weighted by molar-refractivity contribution is 0.174. The molecule has 1 aliphatic rings. The first kappa shape index (κ1) is 17.0. The van der Waals surface area contributed by atoms with Gasteiger partial charge in [-0.05, 0) is 30.7 Å². The highest BCUT2D eigenvalue weighted by molar-refractivity contribution is 5.79.